The smallest absolute Gasteiger partial charge is 0.416 e. The first-order chi connectivity index (χ1) is 15.1. The van der Waals surface area contributed by atoms with Gasteiger partial charge in [-0.15, -0.1) is 0 Å². The van der Waals surface area contributed by atoms with Crippen molar-refractivity contribution in [2.45, 2.75) is 13.1 Å². The van der Waals surface area contributed by atoms with Crippen molar-refractivity contribution >= 4 is 56.8 Å². The van der Waals surface area contributed by atoms with Crippen LogP contribution in [-0.4, -0.2) is 30.6 Å². The summed E-state index contributed by atoms with van der Waals surface area (Å²) in [6, 6.07) is 7.30. The largest absolute Gasteiger partial charge is 0.492 e. The third-order valence-corrected chi connectivity index (χ3v) is 5.25. The van der Waals surface area contributed by atoms with Crippen LogP contribution < -0.4 is 19.7 Å². The van der Waals surface area contributed by atoms with Gasteiger partial charge in [0.05, 0.1) is 29.4 Å². The molecule has 1 aliphatic heterocycles. The summed E-state index contributed by atoms with van der Waals surface area (Å²) in [4.78, 5) is 26.4. The van der Waals surface area contributed by atoms with E-state index in [4.69, 9.17) is 21.7 Å². The van der Waals surface area contributed by atoms with E-state index in [0.29, 0.717) is 28.1 Å². The van der Waals surface area contributed by atoms with Gasteiger partial charge in [0.2, 0.25) is 0 Å². The van der Waals surface area contributed by atoms with Gasteiger partial charge in [-0.1, -0.05) is 6.07 Å². The summed E-state index contributed by atoms with van der Waals surface area (Å²) in [5, 5.41) is 2.03. The molecule has 3 rings (SSSR count). The Bertz CT molecular complexity index is 1130. The van der Waals surface area contributed by atoms with E-state index in [9.17, 15) is 22.8 Å². The van der Waals surface area contributed by atoms with Crippen LogP contribution in [0.2, 0.25) is 0 Å². The fraction of sp³-hybridized carbons (Fsp3) is 0.190. The van der Waals surface area contributed by atoms with Crippen molar-refractivity contribution in [2.75, 3.05) is 18.6 Å². The molecule has 6 nitrogen and oxygen atoms in total. The zero-order valence-electron chi connectivity index (χ0n) is 16.7. The van der Waals surface area contributed by atoms with Crippen LogP contribution >= 0.6 is 28.1 Å². The predicted octanol–water partition coefficient (Wildman–Crippen LogP) is 4.71. The van der Waals surface area contributed by atoms with Crippen LogP contribution in [-0.2, 0) is 15.8 Å². The van der Waals surface area contributed by atoms with Gasteiger partial charge >= 0.3 is 6.18 Å². The number of carbonyl (C=O) groups is 2. The third-order valence-electron chi connectivity index (χ3n) is 4.38. The van der Waals surface area contributed by atoms with Gasteiger partial charge in [-0.25, -0.2) is 0 Å². The number of halogens is 4. The monoisotopic (exact) mass is 528 g/mol. The summed E-state index contributed by atoms with van der Waals surface area (Å²) >= 11 is 8.40. The second kappa shape index (κ2) is 9.29. The first-order valence-electron chi connectivity index (χ1n) is 9.15. The number of hydrogen-bond donors (Lipinski definition) is 1. The lowest BCUT2D eigenvalue weighted by Gasteiger charge is -2.29. The van der Waals surface area contributed by atoms with Crippen molar-refractivity contribution < 1.29 is 32.2 Å². The van der Waals surface area contributed by atoms with Crippen LogP contribution in [0.1, 0.15) is 18.1 Å². The number of benzene rings is 2. The van der Waals surface area contributed by atoms with E-state index in [1.165, 1.54) is 19.3 Å². The van der Waals surface area contributed by atoms with Gasteiger partial charge in [0.25, 0.3) is 11.8 Å². The second-order valence-corrected chi connectivity index (χ2v) is 7.71. The standard InChI is InChI=1S/C21H16BrF3N2O4S/c1-3-31-16-9-11(8-15(22)17(16)30-2)7-14-18(28)26-20(32)27(19(14)29)13-6-4-5-12(10-13)21(23,24)25/h4-10H,3H2,1-2H3,(H,26,28,32)/b14-7+. The molecule has 0 unspecified atom stereocenters. The van der Waals surface area contributed by atoms with Crippen LogP contribution in [0.4, 0.5) is 18.9 Å². The Labute approximate surface area is 195 Å². The van der Waals surface area contributed by atoms with Crippen LogP contribution in [0.25, 0.3) is 6.08 Å². The first-order valence-corrected chi connectivity index (χ1v) is 10.4. The summed E-state index contributed by atoms with van der Waals surface area (Å²) < 4.78 is 50.7. The van der Waals surface area contributed by atoms with Crippen molar-refractivity contribution in [2.24, 2.45) is 0 Å². The molecule has 0 spiro atoms. The molecule has 2 aromatic carbocycles. The van der Waals surface area contributed by atoms with Crippen molar-refractivity contribution in [1.29, 1.82) is 0 Å². The minimum Gasteiger partial charge on any atom is -0.492 e. The molecule has 1 saturated heterocycles. The van der Waals surface area contributed by atoms with Gasteiger partial charge in [-0.2, -0.15) is 13.2 Å². The SMILES string of the molecule is CCOc1cc(/C=C2\C(=O)NC(=S)N(c3cccc(C(F)(F)F)c3)C2=O)cc(Br)c1OC. The van der Waals surface area contributed by atoms with Gasteiger partial charge in [0.1, 0.15) is 5.57 Å². The number of nitrogens with zero attached hydrogens (tertiary/aromatic N) is 1. The number of nitrogens with one attached hydrogen (secondary N) is 1. The van der Waals surface area contributed by atoms with Crippen LogP contribution in [0.15, 0.2) is 46.4 Å². The number of ether oxygens (including phenoxy) is 2. The van der Waals surface area contributed by atoms with Gasteiger partial charge in [0.15, 0.2) is 16.6 Å². The Morgan fingerprint density at radius 3 is 2.56 bits per heavy atom. The topological polar surface area (TPSA) is 67.9 Å². The van der Waals surface area contributed by atoms with E-state index in [1.54, 1.807) is 19.1 Å². The molecule has 32 heavy (non-hydrogen) atoms. The van der Waals surface area contributed by atoms with E-state index >= 15 is 0 Å². The average Bonchev–Trinajstić information content (AvgIpc) is 2.71. The molecule has 2 aromatic rings. The van der Waals surface area contributed by atoms with Crippen molar-refractivity contribution in [3.63, 3.8) is 0 Å². The maximum absolute atomic E-state index is 13.1. The normalized spacial score (nSPS) is 15.8. The molecule has 11 heteroatoms. The highest BCUT2D eigenvalue weighted by Crippen LogP contribution is 2.37. The van der Waals surface area contributed by atoms with Crippen LogP contribution in [0, 0.1) is 0 Å². The number of carbonyl (C=O) groups excluding carboxylic acids is 2. The lowest BCUT2D eigenvalue weighted by atomic mass is 10.1. The number of methoxy groups -OCH3 is 1. The molecule has 0 aromatic heterocycles. The molecular weight excluding hydrogens is 513 g/mol. The Morgan fingerprint density at radius 1 is 1.22 bits per heavy atom. The van der Waals surface area contributed by atoms with Gasteiger partial charge < -0.3 is 9.47 Å². The molecule has 1 fully saturated rings. The van der Waals surface area contributed by atoms with Crippen LogP contribution in [0.5, 0.6) is 11.5 Å². The third kappa shape index (κ3) is 4.78. The average molecular weight is 529 g/mol. The molecule has 2 amide bonds. The van der Waals surface area contributed by atoms with Crippen molar-refractivity contribution in [3.05, 3.63) is 57.6 Å². The maximum atomic E-state index is 13.1. The molecule has 0 atom stereocenters. The van der Waals surface area contributed by atoms with E-state index in [1.807, 2.05) is 0 Å². The van der Waals surface area contributed by atoms with E-state index in [2.05, 4.69) is 21.2 Å². The molecule has 168 valence electrons. The first kappa shape index (κ1) is 23.7. The summed E-state index contributed by atoms with van der Waals surface area (Å²) in [6.45, 7) is 2.13. The summed E-state index contributed by atoms with van der Waals surface area (Å²) in [6.07, 6.45) is -3.31. The van der Waals surface area contributed by atoms with E-state index < -0.39 is 23.6 Å². The zero-order valence-corrected chi connectivity index (χ0v) is 19.2. The summed E-state index contributed by atoms with van der Waals surface area (Å²) in [5.41, 5.74) is -0.952. The Morgan fingerprint density at radius 2 is 1.94 bits per heavy atom. The summed E-state index contributed by atoms with van der Waals surface area (Å²) in [5.74, 6) is -0.818. The number of alkyl halides is 3. The highest BCUT2D eigenvalue weighted by Gasteiger charge is 2.36. The predicted molar refractivity (Wildman–Crippen MR) is 120 cm³/mol. The molecule has 0 saturated carbocycles. The Kier molecular flexibility index (Phi) is 6.89. The minimum atomic E-state index is -4.61. The molecular formula is C21H16BrF3N2O4S. The van der Waals surface area contributed by atoms with Gasteiger partial charge in [-0.05, 0) is 77.0 Å². The maximum Gasteiger partial charge on any atom is 0.416 e. The molecule has 0 aliphatic carbocycles. The van der Waals surface area contributed by atoms with E-state index in [0.717, 1.165) is 23.1 Å². The molecule has 1 aliphatic rings. The van der Waals surface area contributed by atoms with Crippen molar-refractivity contribution in [3.8, 4) is 11.5 Å². The number of rotatable bonds is 5. The highest BCUT2D eigenvalue weighted by molar-refractivity contribution is 9.10. The molecule has 1 N–H and O–H groups in total. The zero-order chi connectivity index (χ0) is 23.6. The Hall–Kier alpha value is -2.92. The number of anilines is 1. The lowest BCUT2D eigenvalue weighted by Crippen LogP contribution is -2.54. The minimum absolute atomic E-state index is 0.119. The van der Waals surface area contributed by atoms with Crippen molar-refractivity contribution in [1.82, 2.24) is 5.32 Å². The fourth-order valence-corrected chi connectivity index (χ4v) is 3.91. The lowest BCUT2D eigenvalue weighted by molar-refractivity contribution is -0.137. The molecule has 0 bridgehead atoms. The van der Waals surface area contributed by atoms with Gasteiger partial charge in [0, 0.05) is 0 Å². The molecule has 1 heterocycles. The number of hydrogen-bond acceptors (Lipinski definition) is 5. The Balaban J connectivity index is 2.05. The van der Waals surface area contributed by atoms with E-state index in [-0.39, 0.29) is 16.4 Å². The van der Waals surface area contributed by atoms with Gasteiger partial charge in [-0.3, -0.25) is 19.8 Å². The summed E-state index contributed by atoms with van der Waals surface area (Å²) in [7, 11) is 1.47. The number of amides is 2. The quantitative estimate of drug-likeness (QED) is 0.346. The highest BCUT2D eigenvalue weighted by atomic mass is 79.9. The second-order valence-electron chi connectivity index (χ2n) is 6.47. The van der Waals surface area contributed by atoms with Crippen LogP contribution in [0.3, 0.4) is 0 Å². The fourth-order valence-electron chi connectivity index (χ4n) is 3.01. The molecule has 0 radical (unpaired) electrons. The number of thiocarbonyl (C=S) groups is 1.